The van der Waals surface area contributed by atoms with Crippen LogP contribution >= 0.6 is 0 Å². The van der Waals surface area contributed by atoms with Gasteiger partial charge in [-0.25, -0.2) is 14.8 Å². The molecule has 1 aliphatic heterocycles. The van der Waals surface area contributed by atoms with Gasteiger partial charge in [0, 0.05) is 24.8 Å². The van der Waals surface area contributed by atoms with Crippen molar-refractivity contribution in [3.63, 3.8) is 0 Å². The highest BCUT2D eigenvalue weighted by Gasteiger charge is 2.17. The Morgan fingerprint density at radius 1 is 1.16 bits per heavy atom. The number of rotatable bonds is 4. The Labute approximate surface area is 147 Å². The lowest BCUT2D eigenvalue weighted by Crippen LogP contribution is -2.33. The van der Waals surface area contributed by atoms with Crippen molar-refractivity contribution in [3.05, 3.63) is 36.7 Å². The average molecular weight is 341 g/mol. The van der Waals surface area contributed by atoms with Crippen molar-refractivity contribution >= 4 is 23.4 Å². The Morgan fingerprint density at radius 2 is 1.88 bits per heavy atom. The van der Waals surface area contributed by atoms with E-state index in [0.717, 1.165) is 43.4 Å². The van der Waals surface area contributed by atoms with Crippen molar-refractivity contribution < 1.29 is 9.53 Å². The first-order valence-electron chi connectivity index (χ1n) is 8.43. The number of hydrogen-bond donors (Lipinski definition) is 2. The van der Waals surface area contributed by atoms with Crippen LogP contribution in [0.2, 0.25) is 0 Å². The molecule has 0 bridgehead atoms. The van der Waals surface area contributed by atoms with Crippen LogP contribution in [-0.4, -0.2) is 36.2 Å². The van der Waals surface area contributed by atoms with E-state index in [0.29, 0.717) is 11.5 Å². The van der Waals surface area contributed by atoms with Crippen molar-refractivity contribution in [2.24, 2.45) is 5.92 Å². The molecule has 0 aliphatic carbocycles. The Balaban J connectivity index is 1.60. The van der Waals surface area contributed by atoms with Gasteiger partial charge in [0.25, 0.3) is 0 Å². The smallest absolute Gasteiger partial charge is 0.324 e. The summed E-state index contributed by atoms with van der Waals surface area (Å²) in [7, 11) is 1.60. The number of benzene rings is 1. The number of carbonyl (C=O) groups is 1. The number of nitrogens with one attached hydrogen (secondary N) is 2. The molecule has 1 fully saturated rings. The van der Waals surface area contributed by atoms with E-state index in [1.54, 1.807) is 31.4 Å². The molecule has 0 unspecified atom stereocenters. The minimum Gasteiger partial charge on any atom is -0.497 e. The zero-order valence-corrected chi connectivity index (χ0v) is 14.5. The molecule has 25 heavy (non-hydrogen) atoms. The Kier molecular flexibility index (Phi) is 5.33. The maximum absolute atomic E-state index is 12.1. The predicted octanol–water partition coefficient (Wildman–Crippen LogP) is 3.37. The zero-order valence-electron chi connectivity index (χ0n) is 14.5. The van der Waals surface area contributed by atoms with Gasteiger partial charge >= 0.3 is 6.03 Å². The summed E-state index contributed by atoms with van der Waals surface area (Å²) >= 11 is 0. The minimum absolute atomic E-state index is 0.345. The van der Waals surface area contributed by atoms with E-state index in [-0.39, 0.29) is 6.03 Å². The fraction of sp³-hybridized carbons (Fsp3) is 0.389. The second-order valence-corrected chi connectivity index (χ2v) is 6.24. The van der Waals surface area contributed by atoms with Gasteiger partial charge in [-0.1, -0.05) is 6.92 Å². The molecule has 0 spiro atoms. The molecular weight excluding hydrogens is 318 g/mol. The molecule has 1 aromatic carbocycles. The molecule has 2 heterocycles. The molecule has 1 aliphatic rings. The maximum Gasteiger partial charge on any atom is 0.324 e. The van der Waals surface area contributed by atoms with Gasteiger partial charge in [0.05, 0.1) is 7.11 Å². The van der Waals surface area contributed by atoms with E-state index in [1.807, 2.05) is 6.07 Å². The summed E-state index contributed by atoms with van der Waals surface area (Å²) in [6.07, 6.45) is 3.80. The molecule has 3 rings (SSSR count). The Hall–Kier alpha value is -2.83. The van der Waals surface area contributed by atoms with E-state index in [4.69, 9.17) is 4.74 Å². The quantitative estimate of drug-likeness (QED) is 0.891. The number of nitrogens with zero attached hydrogens (tertiary/aromatic N) is 3. The number of urea groups is 1. The normalized spacial score (nSPS) is 14.9. The largest absolute Gasteiger partial charge is 0.497 e. The number of ether oxygens (including phenoxy) is 1. The third-order valence-electron chi connectivity index (χ3n) is 4.35. The monoisotopic (exact) mass is 341 g/mol. The number of hydrogen-bond acceptors (Lipinski definition) is 5. The molecule has 1 saturated heterocycles. The third-order valence-corrected chi connectivity index (χ3v) is 4.35. The van der Waals surface area contributed by atoms with Crippen LogP contribution < -0.4 is 20.3 Å². The second-order valence-electron chi connectivity index (χ2n) is 6.24. The first-order valence-corrected chi connectivity index (χ1v) is 8.43. The van der Waals surface area contributed by atoms with Crippen LogP contribution in [0.25, 0.3) is 0 Å². The van der Waals surface area contributed by atoms with Gasteiger partial charge in [-0.15, -0.1) is 0 Å². The topological polar surface area (TPSA) is 79.4 Å². The summed E-state index contributed by atoms with van der Waals surface area (Å²) in [5.74, 6) is 2.82. The lowest BCUT2D eigenvalue weighted by atomic mass is 9.99. The number of piperidine rings is 1. The predicted molar refractivity (Wildman–Crippen MR) is 98.3 cm³/mol. The van der Waals surface area contributed by atoms with E-state index in [1.165, 1.54) is 6.33 Å². The first-order chi connectivity index (χ1) is 12.1. The number of carbonyl (C=O) groups excluding carboxylic acids is 1. The SMILES string of the molecule is COc1ccc(NC(=O)Nc2cc(N3CCC(C)CC3)ncn2)cc1. The van der Waals surface area contributed by atoms with Crippen LogP contribution in [0.5, 0.6) is 5.75 Å². The maximum atomic E-state index is 12.1. The summed E-state index contributed by atoms with van der Waals surface area (Å²) in [5, 5.41) is 5.52. The van der Waals surface area contributed by atoms with E-state index in [9.17, 15) is 4.79 Å². The third kappa shape index (κ3) is 4.59. The number of amides is 2. The minimum atomic E-state index is -0.345. The molecule has 2 N–H and O–H groups in total. The van der Waals surface area contributed by atoms with Gasteiger partial charge in [-0.3, -0.25) is 5.32 Å². The van der Waals surface area contributed by atoms with Crippen molar-refractivity contribution in [3.8, 4) is 5.75 Å². The lowest BCUT2D eigenvalue weighted by molar-refractivity contribution is 0.262. The number of aromatic nitrogens is 2. The van der Waals surface area contributed by atoms with E-state index >= 15 is 0 Å². The molecule has 132 valence electrons. The average Bonchev–Trinajstić information content (AvgIpc) is 2.63. The zero-order chi connectivity index (χ0) is 17.6. The van der Waals surface area contributed by atoms with Crippen LogP contribution in [0, 0.1) is 5.92 Å². The lowest BCUT2D eigenvalue weighted by Gasteiger charge is -2.31. The Bertz CT molecular complexity index is 712. The molecule has 2 amide bonds. The first kappa shape index (κ1) is 17.0. The van der Waals surface area contributed by atoms with Gasteiger partial charge in [-0.05, 0) is 43.0 Å². The van der Waals surface area contributed by atoms with Crippen LogP contribution in [-0.2, 0) is 0 Å². The highest BCUT2D eigenvalue weighted by Crippen LogP contribution is 2.22. The van der Waals surface area contributed by atoms with E-state index < -0.39 is 0 Å². The van der Waals surface area contributed by atoms with Crippen LogP contribution in [0.3, 0.4) is 0 Å². The highest BCUT2D eigenvalue weighted by atomic mass is 16.5. The van der Waals surface area contributed by atoms with Crippen molar-refractivity contribution in [2.45, 2.75) is 19.8 Å². The summed E-state index contributed by atoms with van der Waals surface area (Å²) < 4.78 is 5.10. The standard InChI is InChI=1S/C18H23N5O2/c1-13-7-9-23(10-8-13)17-11-16(19-12-20-17)22-18(24)21-14-3-5-15(25-2)6-4-14/h3-6,11-13H,7-10H2,1-2H3,(H2,19,20,21,22,24). The fourth-order valence-corrected chi connectivity index (χ4v) is 2.78. The highest BCUT2D eigenvalue weighted by molar-refractivity contribution is 5.99. The van der Waals surface area contributed by atoms with Crippen LogP contribution in [0.1, 0.15) is 19.8 Å². The summed E-state index contributed by atoms with van der Waals surface area (Å²) in [4.78, 5) is 22.8. The van der Waals surface area contributed by atoms with Crippen LogP contribution in [0.15, 0.2) is 36.7 Å². The Morgan fingerprint density at radius 3 is 2.56 bits per heavy atom. The van der Waals surface area contributed by atoms with Crippen molar-refractivity contribution in [2.75, 3.05) is 35.7 Å². The molecule has 7 nitrogen and oxygen atoms in total. The molecule has 0 atom stereocenters. The van der Waals surface area contributed by atoms with Gasteiger partial charge < -0.3 is 15.0 Å². The summed E-state index contributed by atoms with van der Waals surface area (Å²) in [5.41, 5.74) is 0.678. The van der Waals surface area contributed by atoms with Gasteiger partial charge in [-0.2, -0.15) is 0 Å². The molecule has 0 radical (unpaired) electrons. The molecule has 7 heteroatoms. The summed E-state index contributed by atoms with van der Waals surface area (Å²) in [6, 6.07) is 8.59. The number of anilines is 3. The van der Waals surface area contributed by atoms with Gasteiger partial charge in [0.1, 0.15) is 23.7 Å². The van der Waals surface area contributed by atoms with Crippen LogP contribution in [0.4, 0.5) is 22.1 Å². The van der Waals surface area contributed by atoms with Crippen molar-refractivity contribution in [1.29, 1.82) is 0 Å². The van der Waals surface area contributed by atoms with Crippen molar-refractivity contribution in [1.82, 2.24) is 9.97 Å². The second kappa shape index (κ2) is 7.83. The molecule has 0 saturated carbocycles. The van der Waals surface area contributed by atoms with Gasteiger partial charge in [0.2, 0.25) is 0 Å². The molecule has 2 aromatic rings. The molecular formula is C18H23N5O2. The summed E-state index contributed by atoms with van der Waals surface area (Å²) in [6.45, 7) is 4.24. The van der Waals surface area contributed by atoms with E-state index in [2.05, 4.69) is 32.4 Å². The molecule has 1 aromatic heterocycles. The fourth-order valence-electron chi connectivity index (χ4n) is 2.78. The number of methoxy groups -OCH3 is 1. The van der Waals surface area contributed by atoms with Gasteiger partial charge in [0.15, 0.2) is 0 Å².